The van der Waals surface area contributed by atoms with E-state index >= 15 is 0 Å². The molecule has 6 nitrogen and oxygen atoms in total. The van der Waals surface area contributed by atoms with E-state index in [1.807, 2.05) is 91.9 Å². The minimum atomic E-state index is -3.63. The average Bonchev–Trinajstić information content (AvgIpc) is 2.94. The molecule has 0 radical (unpaired) electrons. The molecule has 3 rings (SSSR count). The first kappa shape index (κ1) is 29.3. The lowest BCUT2D eigenvalue weighted by Gasteiger charge is -2.23. The molecule has 0 aromatic heterocycles. The number of nitrogens with one attached hydrogen (secondary N) is 1. The average molecular weight is 536 g/mol. The molecule has 0 spiro atoms. The molecule has 1 unspecified atom stereocenters. The molecular formula is C31H38NO5P. The van der Waals surface area contributed by atoms with Crippen LogP contribution in [0.25, 0.3) is 11.1 Å². The molecule has 3 aromatic rings. The number of aryl methyl sites for hydroxylation is 1. The Labute approximate surface area is 225 Å². The van der Waals surface area contributed by atoms with Crippen LogP contribution in [0.4, 0.5) is 0 Å². The van der Waals surface area contributed by atoms with Gasteiger partial charge in [-0.1, -0.05) is 105 Å². The van der Waals surface area contributed by atoms with E-state index in [1.54, 1.807) is 0 Å². The summed E-state index contributed by atoms with van der Waals surface area (Å²) in [5.74, 6) is -1.68. The smallest absolute Gasteiger partial charge is 0.328 e. The molecule has 2 N–H and O–H groups in total. The number of carbonyl (C=O) groups excluding carboxylic acids is 2. The molecular weight excluding hydrogens is 497 g/mol. The Morgan fingerprint density at radius 2 is 1.50 bits per heavy atom. The third-order valence-corrected chi connectivity index (χ3v) is 8.59. The Morgan fingerprint density at radius 1 is 0.895 bits per heavy atom. The van der Waals surface area contributed by atoms with E-state index in [1.165, 1.54) is 7.11 Å². The lowest BCUT2D eigenvalue weighted by molar-refractivity contribution is -0.145. The van der Waals surface area contributed by atoms with Gasteiger partial charge in [0.25, 0.3) is 0 Å². The Balaban J connectivity index is 1.78. The highest BCUT2D eigenvalue weighted by Gasteiger charge is 2.31. The van der Waals surface area contributed by atoms with E-state index in [9.17, 15) is 19.0 Å². The predicted octanol–water partition coefficient (Wildman–Crippen LogP) is 5.87. The highest BCUT2D eigenvalue weighted by Crippen LogP contribution is 2.43. The minimum absolute atomic E-state index is 0.0873. The molecule has 0 bridgehead atoms. The van der Waals surface area contributed by atoms with Crippen molar-refractivity contribution < 1.29 is 23.8 Å². The van der Waals surface area contributed by atoms with Gasteiger partial charge in [0.2, 0.25) is 13.3 Å². The number of rotatable bonds is 14. The largest absolute Gasteiger partial charge is 0.467 e. The number of methoxy groups -OCH3 is 1. The van der Waals surface area contributed by atoms with Crippen molar-refractivity contribution in [1.29, 1.82) is 0 Å². The first-order valence-corrected chi connectivity index (χ1v) is 15.2. The van der Waals surface area contributed by atoms with Crippen molar-refractivity contribution in [2.24, 2.45) is 5.92 Å². The van der Waals surface area contributed by atoms with E-state index in [2.05, 4.69) is 5.32 Å². The van der Waals surface area contributed by atoms with E-state index < -0.39 is 31.2 Å². The maximum atomic E-state index is 13.4. The van der Waals surface area contributed by atoms with Crippen molar-refractivity contribution >= 4 is 19.2 Å². The van der Waals surface area contributed by atoms with E-state index in [4.69, 9.17) is 4.74 Å². The van der Waals surface area contributed by atoms with Gasteiger partial charge in [-0.2, -0.15) is 0 Å². The zero-order chi connectivity index (χ0) is 27.4. The third kappa shape index (κ3) is 9.27. The first-order chi connectivity index (χ1) is 18.3. The molecule has 0 aliphatic carbocycles. The highest BCUT2D eigenvalue weighted by molar-refractivity contribution is 7.58. The number of benzene rings is 3. The van der Waals surface area contributed by atoms with Gasteiger partial charge in [-0.3, -0.25) is 9.36 Å². The number of esters is 1. The Morgan fingerprint density at radius 3 is 2.11 bits per heavy atom. The fourth-order valence-corrected chi connectivity index (χ4v) is 6.24. The number of hydrogen-bond acceptors (Lipinski definition) is 4. The summed E-state index contributed by atoms with van der Waals surface area (Å²) in [4.78, 5) is 36.6. The van der Waals surface area contributed by atoms with Gasteiger partial charge < -0.3 is 14.9 Å². The molecule has 0 saturated heterocycles. The van der Waals surface area contributed by atoms with Gasteiger partial charge in [0.15, 0.2) is 0 Å². The summed E-state index contributed by atoms with van der Waals surface area (Å²) in [6.45, 7) is 2.01. The summed E-state index contributed by atoms with van der Waals surface area (Å²) < 4.78 is 18.2. The summed E-state index contributed by atoms with van der Waals surface area (Å²) in [7, 11) is -2.34. The van der Waals surface area contributed by atoms with Crippen molar-refractivity contribution in [2.75, 3.05) is 19.4 Å². The molecule has 3 aromatic carbocycles. The summed E-state index contributed by atoms with van der Waals surface area (Å²) >= 11 is 0. The number of unbranched alkanes of at least 4 members (excludes halogenated alkanes) is 1. The Bertz CT molecular complexity index is 1200. The van der Waals surface area contributed by atoms with Crippen molar-refractivity contribution in [3.05, 3.63) is 96.1 Å². The zero-order valence-electron chi connectivity index (χ0n) is 22.2. The quantitative estimate of drug-likeness (QED) is 0.199. The molecule has 202 valence electrons. The van der Waals surface area contributed by atoms with Gasteiger partial charge in [0.05, 0.1) is 13.0 Å². The molecule has 0 aliphatic heterocycles. The third-order valence-electron chi connectivity index (χ3n) is 6.66. The van der Waals surface area contributed by atoms with Crippen molar-refractivity contribution in [1.82, 2.24) is 5.32 Å². The standard InChI is InChI=1S/C31H38NO5P/c1-3-4-15-29(31(34)37-2)32-30(33)28(23-38(35,36)21-20-24-11-7-5-8-12-24)22-25-16-18-27(19-17-25)26-13-9-6-10-14-26/h5-14,16-19,28-29H,3-4,15,20-23H2,1-2H3,(H,32,33)(H,35,36)/t28-,29+/m1/s1. The summed E-state index contributed by atoms with van der Waals surface area (Å²) in [6, 6.07) is 26.6. The SMILES string of the molecule is CCCC[C@H](NC(=O)[C@H](Cc1ccc(-c2ccccc2)cc1)CP(=O)(O)CCc1ccccc1)C(=O)OC. The second-order valence-electron chi connectivity index (χ2n) is 9.68. The lowest BCUT2D eigenvalue weighted by Crippen LogP contribution is -2.45. The maximum Gasteiger partial charge on any atom is 0.328 e. The molecule has 3 atom stereocenters. The van der Waals surface area contributed by atoms with Crippen LogP contribution in [-0.2, 0) is 31.7 Å². The summed E-state index contributed by atoms with van der Waals surface area (Å²) in [5, 5.41) is 2.81. The minimum Gasteiger partial charge on any atom is -0.467 e. The van der Waals surface area contributed by atoms with E-state index in [0.29, 0.717) is 19.3 Å². The predicted molar refractivity (Wildman–Crippen MR) is 152 cm³/mol. The van der Waals surface area contributed by atoms with E-state index in [0.717, 1.165) is 35.1 Å². The number of hydrogen-bond donors (Lipinski definition) is 2. The van der Waals surface area contributed by atoms with Crippen molar-refractivity contribution in [2.45, 2.75) is 45.1 Å². The van der Waals surface area contributed by atoms with Crippen LogP contribution in [0, 0.1) is 5.92 Å². The number of amides is 1. The van der Waals surface area contributed by atoms with Crippen LogP contribution in [0.15, 0.2) is 84.9 Å². The van der Waals surface area contributed by atoms with Gasteiger partial charge in [0, 0.05) is 12.3 Å². The van der Waals surface area contributed by atoms with Crippen LogP contribution < -0.4 is 5.32 Å². The molecule has 0 fully saturated rings. The van der Waals surface area contributed by atoms with Crippen molar-refractivity contribution in [3.63, 3.8) is 0 Å². The van der Waals surface area contributed by atoms with Crippen LogP contribution in [-0.4, -0.2) is 42.2 Å². The van der Waals surface area contributed by atoms with Gasteiger partial charge >= 0.3 is 5.97 Å². The zero-order valence-corrected chi connectivity index (χ0v) is 23.1. The fourth-order valence-electron chi connectivity index (χ4n) is 4.46. The molecule has 0 heterocycles. The molecule has 0 saturated carbocycles. The van der Waals surface area contributed by atoms with Gasteiger partial charge in [-0.25, -0.2) is 4.79 Å². The number of carbonyl (C=O) groups is 2. The molecule has 0 aliphatic rings. The summed E-state index contributed by atoms with van der Waals surface area (Å²) in [6.07, 6.45) is 2.75. The van der Waals surface area contributed by atoms with Gasteiger partial charge in [-0.05, 0) is 41.5 Å². The van der Waals surface area contributed by atoms with Crippen LogP contribution in [0.5, 0.6) is 0 Å². The van der Waals surface area contributed by atoms with Crippen molar-refractivity contribution in [3.8, 4) is 11.1 Å². The van der Waals surface area contributed by atoms with Crippen LogP contribution >= 0.6 is 7.37 Å². The molecule has 7 heteroatoms. The second kappa shape index (κ2) is 14.7. The van der Waals surface area contributed by atoms with Crippen LogP contribution in [0.3, 0.4) is 0 Å². The van der Waals surface area contributed by atoms with Crippen LogP contribution in [0.1, 0.15) is 37.3 Å². The molecule has 38 heavy (non-hydrogen) atoms. The lowest BCUT2D eigenvalue weighted by atomic mass is 9.97. The highest BCUT2D eigenvalue weighted by atomic mass is 31.2. The van der Waals surface area contributed by atoms with Crippen LogP contribution in [0.2, 0.25) is 0 Å². The topological polar surface area (TPSA) is 92.7 Å². The molecule has 1 amide bonds. The first-order valence-electron chi connectivity index (χ1n) is 13.2. The maximum absolute atomic E-state index is 13.4. The summed E-state index contributed by atoms with van der Waals surface area (Å²) in [5.41, 5.74) is 4.00. The monoisotopic (exact) mass is 535 g/mol. The van der Waals surface area contributed by atoms with E-state index in [-0.39, 0.29) is 12.3 Å². The Hall–Kier alpha value is -3.21. The van der Waals surface area contributed by atoms with Gasteiger partial charge in [0.1, 0.15) is 6.04 Å². The number of ether oxygens (including phenoxy) is 1. The fraction of sp³-hybridized carbons (Fsp3) is 0.355. The normalized spacial score (nSPS) is 14.2. The van der Waals surface area contributed by atoms with Gasteiger partial charge in [-0.15, -0.1) is 0 Å². The Kier molecular flexibility index (Phi) is 11.3. The second-order valence-corrected chi connectivity index (χ2v) is 12.2.